The summed E-state index contributed by atoms with van der Waals surface area (Å²) in [6, 6.07) is 1.84. The summed E-state index contributed by atoms with van der Waals surface area (Å²) >= 11 is 1.44. The van der Waals surface area contributed by atoms with Crippen molar-refractivity contribution in [2.45, 2.75) is 20.3 Å². The standard InChI is InChI=1S/C12H14N2O3S/c1-4-7-6-8-10(18-7)13-9(12(16)17-5-2)14(3)11(8)15/h6H,4-5H2,1-3H3. The second-order valence-corrected chi connectivity index (χ2v) is 4.92. The molecule has 0 unspecified atom stereocenters. The Balaban J connectivity index is 2.66. The van der Waals surface area contributed by atoms with E-state index in [1.54, 1.807) is 6.92 Å². The van der Waals surface area contributed by atoms with Crippen molar-refractivity contribution < 1.29 is 9.53 Å². The number of fused-ring (bicyclic) bond motifs is 1. The molecule has 2 rings (SSSR count). The van der Waals surface area contributed by atoms with E-state index in [-0.39, 0.29) is 18.0 Å². The van der Waals surface area contributed by atoms with E-state index in [1.165, 1.54) is 23.0 Å². The minimum absolute atomic E-state index is 0.0545. The zero-order chi connectivity index (χ0) is 13.3. The van der Waals surface area contributed by atoms with Crippen molar-refractivity contribution in [3.63, 3.8) is 0 Å². The van der Waals surface area contributed by atoms with Crippen molar-refractivity contribution in [3.8, 4) is 0 Å². The van der Waals surface area contributed by atoms with Crippen LogP contribution >= 0.6 is 11.3 Å². The number of rotatable bonds is 3. The summed E-state index contributed by atoms with van der Waals surface area (Å²) in [5, 5.41) is 0.562. The minimum atomic E-state index is -0.564. The Bertz CT molecular complexity index is 657. The summed E-state index contributed by atoms with van der Waals surface area (Å²) in [5.41, 5.74) is -0.209. The van der Waals surface area contributed by atoms with E-state index in [9.17, 15) is 9.59 Å². The third kappa shape index (κ3) is 2.03. The van der Waals surface area contributed by atoms with Crippen molar-refractivity contribution in [2.24, 2.45) is 7.05 Å². The number of aryl methyl sites for hydroxylation is 1. The van der Waals surface area contributed by atoms with Crippen molar-refractivity contribution in [1.82, 2.24) is 9.55 Å². The largest absolute Gasteiger partial charge is 0.460 e. The molecule has 0 radical (unpaired) electrons. The van der Waals surface area contributed by atoms with Gasteiger partial charge in [0.1, 0.15) is 4.83 Å². The van der Waals surface area contributed by atoms with Crippen LogP contribution in [0.1, 0.15) is 29.3 Å². The second kappa shape index (κ2) is 4.89. The first kappa shape index (κ1) is 12.8. The maximum absolute atomic E-state index is 12.1. The molecule has 0 spiro atoms. The molecule has 0 amide bonds. The lowest BCUT2D eigenvalue weighted by Gasteiger charge is -2.05. The van der Waals surface area contributed by atoms with Crippen LogP contribution < -0.4 is 5.56 Å². The summed E-state index contributed by atoms with van der Waals surface area (Å²) in [6.07, 6.45) is 0.846. The number of carbonyl (C=O) groups excluding carboxylic acids is 1. The van der Waals surface area contributed by atoms with E-state index in [1.807, 2.05) is 13.0 Å². The van der Waals surface area contributed by atoms with Gasteiger partial charge in [0, 0.05) is 11.9 Å². The lowest BCUT2D eigenvalue weighted by Crippen LogP contribution is -2.25. The zero-order valence-electron chi connectivity index (χ0n) is 10.5. The van der Waals surface area contributed by atoms with Gasteiger partial charge in [-0.05, 0) is 19.4 Å². The second-order valence-electron chi connectivity index (χ2n) is 3.81. The number of aromatic nitrogens is 2. The van der Waals surface area contributed by atoms with Crippen LogP contribution in [0, 0.1) is 0 Å². The van der Waals surface area contributed by atoms with E-state index >= 15 is 0 Å². The molecule has 0 aromatic carbocycles. The molecule has 2 aromatic heterocycles. The minimum Gasteiger partial charge on any atom is -0.460 e. The molecule has 2 heterocycles. The van der Waals surface area contributed by atoms with E-state index in [0.717, 1.165) is 11.3 Å². The first-order chi connectivity index (χ1) is 8.58. The summed E-state index contributed by atoms with van der Waals surface area (Å²) in [6.45, 7) is 3.99. The lowest BCUT2D eigenvalue weighted by molar-refractivity contribution is 0.0506. The molecule has 0 saturated heterocycles. The van der Waals surface area contributed by atoms with Gasteiger partial charge in [-0.2, -0.15) is 0 Å². The number of hydrogen-bond donors (Lipinski definition) is 0. The molecular formula is C12H14N2O3S. The molecule has 0 bridgehead atoms. The number of esters is 1. The number of thiophene rings is 1. The molecule has 18 heavy (non-hydrogen) atoms. The molecular weight excluding hydrogens is 252 g/mol. The van der Waals surface area contributed by atoms with Crippen LogP contribution in [0.2, 0.25) is 0 Å². The average molecular weight is 266 g/mol. The van der Waals surface area contributed by atoms with E-state index in [4.69, 9.17) is 4.74 Å². The van der Waals surface area contributed by atoms with Gasteiger partial charge in [-0.3, -0.25) is 9.36 Å². The van der Waals surface area contributed by atoms with Crippen LogP contribution in [0.4, 0.5) is 0 Å². The molecule has 0 fully saturated rings. The van der Waals surface area contributed by atoms with E-state index < -0.39 is 5.97 Å². The normalized spacial score (nSPS) is 10.8. The molecule has 0 N–H and O–H groups in total. The summed E-state index contributed by atoms with van der Waals surface area (Å²) in [7, 11) is 1.53. The van der Waals surface area contributed by atoms with Crippen molar-refractivity contribution in [2.75, 3.05) is 6.61 Å². The van der Waals surface area contributed by atoms with Gasteiger partial charge in [0.25, 0.3) is 5.56 Å². The quantitative estimate of drug-likeness (QED) is 0.794. The molecule has 96 valence electrons. The van der Waals surface area contributed by atoms with E-state index in [0.29, 0.717) is 10.2 Å². The number of ether oxygens (including phenoxy) is 1. The maximum Gasteiger partial charge on any atom is 0.374 e. The van der Waals surface area contributed by atoms with Gasteiger partial charge in [0.15, 0.2) is 0 Å². The van der Waals surface area contributed by atoms with Gasteiger partial charge < -0.3 is 4.74 Å². The van der Waals surface area contributed by atoms with Crippen LogP contribution in [0.5, 0.6) is 0 Å². The Labute approximate surface area is 108 Å². The predicted molar refractivity (Wildman–Crippen MR) is 70.2 cm³/mol. The van der Waals surface area contributed by atoms with Crippen LogP contribution in [0.25, 0.3) is 10.2 Å². The number of carbonyl (C=O) groups is 1. The van der Waals surface area contributed by atoms with Crippen LogP contribution in [-0.4, -0.2) is 22.1 Å². The van der Waals surface area contributed by atoms with Crippen LogP contribution in [-0.2, 0) is 18.2 Å². The Hall–Kier alpha value is -1.69. The molecule has 6 heteroatoms. The highest BCUT2D eigenvalue weighted by Gasteiger charge is 2.17. The van der Waals surface area contributed by atoms with E-state index in [2.05, 4.69) is 4.98 Å². The van der Waals surface area contributed by atoms with Gasteiger partial charge in [0.2, 0.25) is 5.82 Å². The zero-order valence-corrected chi connectivity index (χ0v) is 11.3. The van der Waals surface area contributed by atoms with Gasteiger partial charge >= 0.3 is 5.97 Å². The van der Waals surface area contributed by atoms with Crippen LogP contribution in [0.15, 0.2) is 10.9 Å². The Morgan fingerprint density at radius 2 is 2.22 bits per heavy atom. The van der Waals surface area contributed by atoms with Gasteiger partial charge in [-0.1, -0.05) is 6.92 Å². The SMILES string of the molecule is CCOC(=O)c1nc2sc(CC)cc2c(=O)n1C. The Morgan fingerprint density at radius 3 is 2.83 bits per heavy atom. The van der Waals surface area contributed by atoms with Gasteiger partial charge in [-0.25, -0.2) is 9.78 Å². The third-order valence-electron chi connectivity index (χ3n) is 2.63. The molecule has 0 aliphatic carbocycles. The molecule has 2 aromatic rings. The third-order valence-corrected chi connectivity index (χ3v) is 3.80. The highest BCUT2D eigenvalue weighted by Crippen LogP contribution is 2.21. The molecule has 0 atom stereocenters. The fourth-order valence-corrected chi connectivity index (χ4v) is 2.63. The van der Waals surface area contributed by atoms with Crippen molar-refractivity contribution >= 4 is 27.5 Å². The first-order valence-corrected chi connectivity index (χ1v) is 6.56. The van der Waals surface area contributed by atoms with Crippen molar-refractivity contribution in [1.29, 1.82) is 0 Å². The topological polar surface area (TPSA) is 61.2 Å². The van der Waals surface area contributed by atoms with Gasteiger partial charge in [0.05, 0.1) is 12.0 Å². The summed E-state index contributed by atoms with van der Waals surface area (Å²) < 4.78 is 6.13. The molecule has 0 aliphatic rings. The Morgan fingerprint density at radius 1 is 1.50 bits per heavy atom. The molecule has 5 nitrogen and oxygen atoms in total. The molecule has 0 saturated carbocycles. The maximum atomic E-state index is 12.1. The van der Waals surface area contributed by atoms with Crippen LogP contribution in [0.3, 0.4) is 0 Å². The Kier molecular flexibility index (Phi) is 3.47. The highest BCUT2D eigenvalue weighted by atomic mass is 32.1. The highest BCUT2D eigenvalue weighted by molar-refractivity contribution is 7.18. The summed E-state index contributed by atoms with van der Waals surface area (Å²) in [5.74, 6) is -0.510. The van der Waals surface area contributed by atoms with Gasteiger partial charge in [-0.15, -0.1) is 11.3 Å². The predicted octanol–water partition coefficient (Wildman–Crippen LogP) is 1.73. The first-order valence-electron chi connectivity index (χ1n) is 5.75. The summed E-state index contributed by atoms with van der Waals surface area (Å²) in [4.78, 5) is 29.7. The van der Waals surface area contributed by atoms with Crippen molar-refractivity contribution in [3.05, 3.63) is 27.1 Å². The number of hydrogen-bond acceptors (Lipinski definition) is 5. The fraction of sp³-hybridized carbons (Fsp3) is 0.417. The fourth-order valence-electron chi connectivity index (χ4n) is 1.67. The lowest BCUT2D eigenvalue weighted by atomic mass is 10.3. The number of nitrogens with zero attached hydrogens (tertiary/aromatic N) is 2. The smallest absolute Gasteiger partial charge is 0.374 e. The molecule has 0 aliphatic heterocycles. The average Bonchev–Trinajstić information content (AvgIpc) is 2.77. The monoisotopic (exact) mass is 266 g/mol.